The summed E-state index contributed by atoms with van der Waals surface area (Å²) in [6.45, 7) is 9.28. The Balaban J connectivity index is 5.11. The van der Waals surface area contributed by atoms with Crippen molar-refractivity contribution in [2.75, 3.05) is 6.61 Å². The number of allylic oxidation sites excluding steroid dienone is 3. The first-order valence-corrected chi connectivity index (χ1v) is 5.50. The van der Waals surface area contributed by atoms with Crippen LogP contribution in [0.5, 0.6) is 0 Å². The summed E-state index contributed by atoms with van der Waals surface area (Å²) < 4.78 is 4.87. The fourth-order valence-corrected chi connectivity index (χ4v) is 1.12. The Hall–Kier alpha value is -1.38. The third kappa shape index (κ3) is 4.43. The summed E-state index contributed by atoms with van der Waals surface area (Å²) in [5.41, 5.74) is 0.687. The molecule has 0 unspecified atom stereocenters. The van der Waals surface area contributed by atoms with Gasteiger partial charge in [-0.2, -0.15) is 0 Å². The largest absolute Gasteiger partial charge is 0.462 e. The maximum atomic E-state index is 11.9. The zero-order chi connectivity index (χ0) is 12.7. The van der Waals surface area contributed by atoms with Gasteiger partial charge in [-0.05, 0) is 32.3 Å². The predicted octanol–water partition coefficient (Wildman–Crippen LogP) is 2.67. The van der Waals surface area contributed by atoms with Gasteiger partial charge < -0.3 is 4.74 Å². The lowest BCUT2D eigenvalue weighted by molar-refractivity contribution is -0.139. The molecule has 0 N–H and O–H groups in total. The number of rotatable bonds is 5. The Bertz CT molecular complexity index is 322. The van der Waals surface area contributed by atoms with E-state index in [1.165, 1.54) is 0 Å². The van der Waals surface area contributed by atoms with Crippen LogP contribution in [0, 0.1) is 5.92 Å². The van der Waals surface area contributed by atoms with Gasteiger partial charge in [0, 0.05) is 0 Å². The number of esters is 1. The molecule has 0 atom stereocenters. The zero-order valence-corrected chi connectivity index (χ0v) is 10.7. The fraction of sp³-hybridized carbons (Fsp3) is 0.538. The summed E-state index contributed by atoms with van der Waals surface area (Å²) in [7, 11) is 0. The molecule has 90 valence electrons. The van der Waals surface area contributed by atoms with Gasteiger partial charge in [-0.15, -0.1) is 0 Å². The molecule has 0 aromatic heterocycles. The molecule has 0 aromatic rings. The van der Waals surface area contributed by atoms with Crippen LogP contribution in [-0.2, 0) is 14.3 Å². The van der Waals surface area contributed by atoms with E-state index in [4.69, 9.17) is 4.74 Å². The topological polar surface area (TPSA) is 43.4 Å². The van der Waals surface area contributed by atoms with Crippen molar-refractivity contribution in [2.45, 2.75) is 34.6 Å². The first kappa shape index (κ1) is 14.6. The third-order valence-electron chi connectivity index (χ3n) is 2.03. The minimum Gasteiger partial charge on any atom is -0.462 e. The van der Waals surface area contributed by atoms with Gasteiger partial charge in [-0.25, -0.2) is 4.79 Å². The number of hydrogen-bond donors (Lipinski definition) is 0. The molecule has 0 aliphatic carbocycles. The molecule has 0 fully saturated rings. The van der Waals surface area contributed by atoms with E-state index in [1.807, 2.05) is 13.8 Å². The van der Waals surface area contributed by atoms with Crippen molar-refractivity contribution < 1.29 is 14.3 Å². The number of ketones is 1. The van der Waals surface area contributed by atoms with Gasteiger partial charge in [0.15, 0.2) is 5.78 Å². The molecule has 16 heavy (non-hydrogen) atoms. The highest BCUT2D eigenvalue weighted by atomic mass is 16.5. The summed E-state index contributed by atoms with van der Waals surface area (Å²) in [5.74, 6) is -0.662. The van der Waals surface area contributed by atoms with E-state index in [1.54, 1.807) is 32.9 Å². The van der Waals surface area contributed by atoms with Gasteiger partial charge >= 0.3 is 5.97 Å². The Morgan fingerprint density at radius 2 is 1.88 bits per heavy atom. The van der Waals surface area contributed by atoms with E-state index < -0.39 is 5.97 Å². The summed E-state index contributed by atoms with van der Waals surface area (Å²) in [4.78, 5) is 23.5. The van der Waals surface area contributed by atoms with Crippen LogP contribution in [-0.4, -0.2) is 18.4 Å². The second-order valence-electron chi connectivity index (χ2n) is 3.85. The summed E-state index contributed by atoms with van der Waals surface area (Å²) in [6.07, 6.45) is 3.34. The number of carbonyl (C=O) groups excluding carboxylic acids is 2. The van der Waals surface area contributed by atoms with Gasteiger partial charge in [-0.3, -0.25) is 4.79 Å². The normalized spacial score (nSPS) is 12.9. The smallest absolute Gasteiger partial charge is 0.341 e. The summed E-state index contributed by atoms with van der Waals surface area (Å²) >= 11 is 0. The molecule has 0 heterocycles. The minimum atomic E-state index is -0.539. The van der Waals surface area contributed by atoms with Crippen LogP contribution in [0.25, 0.3) is 0 Å². The highest BCUT2D eigenvalue weighted by Gasteiger charge is 2.20. The Morgan fingerprint density at radius 3 is 2.25 bits per heavy atom. The van der Waals surface area contributed by atoms with Gasteiger partial charge in [0.2, 0.25) is 0 Å². The molecule has 0 aliphatic rings. The quantitative estimate of drug-likeness (QED) is 0.312. The number of carbonyl (C=O) groups is 2. The van der Waals surface area contributed by atoms with E-state index >= 15 is 0 Å². The van der Waals surface area contributed by atoms with Gasteiger partial charge in [0.25, 0.3) is 0 Å². The average Bonchev–Trinajstić information content (AvgIpc) is 2.23. The zero-order valence-electron chi connectivity index (χ0n) is 10.7. The van der Waals surface area contributed by atoms with Crippen molar-refractivity contribution >= 4 is 11.8 Å². The predicted molar refractivity (Wildman–Crippen MR) is 64.0 cm³/mol. The van der Waals surface area contributed by atoms with Crippen LogP contribution in [0.15, 0.2) is 23.3 Å². The van der Waals surface area contributed by atoms with Crippen molar-refractivity contribution in [1.29, 1.82) is 0 Å². The first-order valence-electron chi connectivity index (χ1n) is 5.50. The Kier molecular flexibility index (Phi) is 6.38. The van der Waals surface area contributed by atoms with Gasteiger partial charge in [-0.1, -0.05) is 26.0 Å². The molecule has 0 saturated carbocycles. The Labute approximate surface area is 97.2 Å². The molecule has 0 rings (SSSR count). The van der Waals surface area contributed by atoms with Gasteiger partial charge in [0.1, 0.15) is 5.57 Å². The van der Waals surface area contributed by atoms with Crippen LogP contribution in [0.3, 0.4) is 0 Å². The van der Waals surface area contributed by atoms with Crippen LogP contribution in [0.1, 0.15) is 34.6 Å². The number of hydrogen-bond acceptors (Lipinski definition) is 3. The van der Waals surface area contributed by atoms with Crippen molar-refractivity contribution in [1.82, 2.24) is 0 Å². The number of Topliss-reactive ketones (excluding diaryl/α,β-unsaturated/α-hetero) is 1. The molecule has 3 nitrogen and oxygen atoms in total. The fourth-order valence-electron chi connectivity index (χ4n) is 1.12. The van der Waals surface area contributed by atoms with Gasteiger partial charge in [0.05, 0.1) is 6.61 Å². The van der Waals surface area contributed by atoms with E-state index in [0.717, 1.165) is 0 Å². The average molecular weight is 224 g/mol. The van der Waals surface area contributed by atoms with Crippen LogP contribution in [0.4, 0.5) is 0 Å². The van der Waals surface area contributed by atoms with Crippen molar-refractivity contribution in [3.63, 3.8) is 0 Å². The standard InChI is InChI=1S/C13H20O3/c1-6-10(5)12(14)11(8-9(3)4)13(15)16-7-2/h6,8-9H,7H2,1-5H3/b10-6+,11-8-. The number of ether oxygens (including phenoxy) is 1. The molecule has 0 saturated heterocycles. The Morgan fingerprint density at radius 1 is 1.31 bits per heavy atom. The lowest BCUT2D eigenvalue weighted by atomic mass is 10.0. The van der Waals surface area contributed by atoms with Crippen LogP contribution >= 0.6 is 0 Å². The second-order valence-corrected chi connectivity index (χ2v) is 3.85. The molecule has 3 heteroatoms. The maximum absolute atomic E-state index is 11.9. The molecule has 0 spiro atoms. The maximum Gasteiger partial charge on any atom is 0.341 e. The van der Waals surface area contributed by atoms with Crippen LogP contribution in [0.2, 0.25) is 0 Å². The summed E-state index contributed by atoms with van der Waals surface area (Å²) in [6, 6.07) is 0. The molecule has 0 amide bonds. The van der Waals surface area contributed by atoms with E-state index in [0.29, 0.717) is 5.57 Å². The first-order chi connectivity index (χ1) is 7.43. The van der Waals surface area contributed by atoms with E-state index in [9.17, 15) is 9.59 Å². The van der Waals surface area contributed by atoms with Crippen molar-refractivity contribution in [3.8, 4) is 0 Å². The van der Waals surface area contributed by atoms with Crippen LogP contribution < -0.4 is 0 Å². The molecular weight excluding hydrogens is 204 g/mol. The summed E-state index contributed by atoms with van der Waals surface area (Å²) in [5, 5.41) is 0. The van der Waals surface area contributed by atoms with E-state index in [2.05, 4.69) is 0 Å². The highest BCUT2D eigenvalue weighted by molar-refractivity contribution is 6.23. The third-order valence-corrected chi connectivity index (χ3v) is 2.03. The van der Waals surface area contributed by atoms with Crippen molar-refractivity contribution in [2.24, 2.45) is 5.92 Å². The monoisotopic (exact) mass is 224 g/mol. The molecule has 0 bridgehead atoms. The molecule has 0 aliphatic heterocycles. The van der Waals surface area contributed by atoms with E-state index in [-0.39, 0.29) is 23.9 Å². The van der Waals surface area contributed by atoms with Crippen molar-refractivity contribution in [3.05, 3.63) is 23.3 Å². The highest BCUT2D eigenvalue weighted by Crippen LogP contribution is 2.11. The second kappa shape index (κ2) is 6.99. The minimum absolute atomic E-state index is 0.132. The lowest BCUT2D eigenvalue weighted by Gasteiger charge is -2.07. The molecule has 0 aromatic carbocycles. The molecular formula is C13H20O3. The lowest BCUT2D eigenvalue weighted by Crippen LogP contribution is -2.17. The SMILES string of the molecule is C/C=C(\C)C(=O)/C(=C/C(C)C)C(=O)OCC. The molecule has 0 radical (unpaired) electrons.